The van der Waals surface area contributed by atoms with E-state index in [0.717, 1.165) is 25.4 Å². The molecule has 1 fully saturated rings. The van der Waals surface area contributed by atoms with Crippen LogP contribution in [0.2, 0.25) is 0 Å². The largest absolute Gasteiger partial charge is 0.492 e. The Morgan fingerprint density at radius 2 is 2.00 bits per heavy atom. The first-order valence-electron chi connectivity index (χ1n) is 6.78. The second-order valence-corrected chi connectivity index (χ2v) is 5.25. The van der Waals surface area contributed by atoms with Gasteiger partial charge in [-0.25, -0.2) is 0 Å². The van der Waals surface area contributed by atoms with E-state index in [4.69, 9.17) is 4.74 Å². The molecule has 0 aliphatic carbocycles. The van der Waals surface area contributed by atoms with Crippen LogP contribution in [0.4, 0.5) is 0 Å². The van der Waals surface area contributed by atoms with Crippen LogP contribution >= 0.6 is 0 Å². The molecule has 1 saturated heterocycles. The first-order valence-corrected chi connectivity index (χ1v) is 6.78. The normalized spacial score (nSPS) is 20.3. The molecule has 1 N–H and O–H groups in total. The third-order valence-electron chi connectivity index (χ3n) is 3.55. The minimum atomic E-state index is 0.659. The molecule has 1 aliphatic heterocycles. The van der Waals surface area contributed by atoms with Gasteiger partial charge in [-0.3, -0.25) is 4.90 Å². The molecular weight excluding hydrogens is 224 g/mol. The molecule has 0 bridgehead atoms. The molecule has 1 aliphatic rings. The van der Waals surface area contributed by atoms with E-state index in [1.807, 2.05) is 7.05 Å². The van der Waals surface area contributed by atoms with Crippen LogP contribution in [0.5, 0.6) is 5.75 Å². The molecule has 1 aromatic rings. The molecule has 1 heterocycles. The van der Waals surface area contributed by atoms with Crippen molar-refractivity contribution >= 4 is 0 Å². The lowest BCUT2D eigenvalue weighted by molar-refractivity contribution is 0.235. The maximum Gasteiger partial charge on any atom is 0.119 e. The predicted octanol–water partition coefficient (Wildman–Crippen LogP) is 1.98. The Hall–Kier alpha value is -1.06. The van der Waals surface area contributed by atoms with Crippen LogP contribution in [0.15, 0.2) is 18.2 Å². The van der Waals surface area contributed by atoms with Crippen molar-refractivity contribution in [2.75, 3.05) is 33.3 Å². The van der Waals surface area contributed by atoms with E-state index in [0.29, 0.717) is 6.04 Å². The van der Waals surface area contributed by atoms with Gasteiger partial charge >= 0.3 is 0 Å². The Labute approximate surface area is 110 Å². The van der Waals surface area contributed by atoms with Gasteiger partial charge < -0.3 is 10.1 Å². The van der Waals surface area contributed by atoms with E-state index in [9.17, 15) is 0 Å². The topological polar surface area (TPSA) is 24.5 Å². The number of rotatable bonds is 5. The summed E-state index contributed by atoms with van der Waals surface area (Å²) in [6.07, 6.45) is 1.25. The average Bonchev–Trinajstić information content (AvgIpc) is 2.76. The van der Waals surface area contributed by atoms with E-state index in [-0.39, 0.29) is 0 Å². The van der Waals surface area contributed by atoms with E-state index >= 15 is 0 Å². The molecule has 3 nitrogen and oxygen atoms in total. The lowest BCUT2D eigenvalue weighted by atomic mass is 10.1. The zero-order valence-corrected chi connectivity index (χ0v) is 11.7. The summed E-state index contributed by atoms with van der Waals surface area (Å²) >= 11 is 0. The van der Waals surface area contributed by atoms with Crippen molar-refractivity contribution in [3.63, 3.8) is 0 Å². The fourth-order valence-corrected chi connectivity index (χ4v) is 2.58. The molecule has 3 heteroatoms. The Morgan fingerprint density at radius 1 is 1.28 bits per heavy atom. The van der Waals surface area contributed by atoms with Gasteiger partial charge in [-0.1, -0.05) is 6.07 Å². The first kappa shape index (κ1) is 13.4. The summed E-state index contributed by atoms with van der Waals surface area (Å²) in [7, 11) is 2.04. The quantitative estimate of drug-likeness (QED) is 0.862. The van der Waals surface area contributed by atoms with Crippen LogP contribution in [0.25, 0.3) is 0 Å². The van der Waals surface area contributed by atoms with Gasteiger partial charge in [-0.15, -0.1) is 0 Å². The van der Waals surface area contributed by atoms with Gasteiger partial charge in [0.1, 0.15) is 12.4 Å². The molecule has 1 unspecified atom stereocenters. The van der Waals surface area contributed by atoms with Crippen LogP contribution in [0, 0.1) is 13.8 Å². The summed E-state index contributed by atoms with van der Waals surface area (Å²) < 4.78 is 5.84. The zero-order valence-electron chi connectivity index (χ0n) is 11.7. The molecule has 2 rings (SSSR count). The average molecular weight is 248 g/mol. The highest BCUT2D eigenvalue weighted by atomic mass is 16.5. The Bertz CT molecular complexity index is 372. The standard InChI is InChI=1S/C15H24N2O/c1-12-8-13(2)10-15(9-12)18-7-6-17-5-4-14(11-17)16-3/h8-10,14,16H,4-7,11H2,1-3H3. The summed E-state index contributed by atoms with van der Waals surface area (Å²) in [5, 5.41) is 3.33. The number of benzene rings is 1. The number of nitrogens with one attached hydrogen (secondary N) is 1. The number of hydrogen-bond acceptors (Lipinski definition) is 3. The molecule has 0 radical (unpaired) electrons. The van der Waals surface area contributed by atoms with E-state index in [2.05, 4.69) is 42.3 Å². The minimum Gasteiger partial charge on any atom is -0.492 e. The second kappa shape index (κ2) is 6.21. The van der Waals surface area contributed by atoms with E-state index in [1.54, 1.807) is 0 Å². The molecule has 18 heavy (non-hydrogen) atoms. The Morgan fingerprint density at radius 3 is 2.61 bits per heavy atom. The zero-order chi connectivity index (χ0) is 13.0. The smallest absolute Gasteiger partial charge is 0.119 e. The van der Waals surface area contributed by atoms with Crippen molar-refractivity contribution in [1.29, 1.82) is 0 Å². The number of ether oxygens (including phenoxy) is 1. The van der Waals surface area contributed by atoms with Crippen LogP contribution < -0.4 is 10.1 Å². The third kappa shape index (κ3) is 3.72. The minimum absolute atomic E-state index is 0.659. The van der Waals surface area contributed by atoms with Gasteiger partial charge in [-0.2, -0.15) is 0 Å². The van der Waals surface area contributed by atoms with Crippen LogP contribution in [0.3, 0.4) is 0 Å². The SMILES string of the molecule is CNC1CCN(CCOc2cc(C)cc(C)c2)C1. The molecule has 1 atom stereocenters. The molecule has 100 valence electrons. The third-order valence-corrected chi connectivity index (χ3v) is 3.55. The summed E-state index contributed by atoms with van der Waals surface area (Å²) in [4.78, 5) is 2.46. The maximum absolute atomic E-state index is 5.84. The van der Waals surface area contributed by atoms with Gasteiger partial charge in [0.2, 0.25) is 0 Å². The van der Waals surface area contributed by atoms with Crippen molar-refractivity contribution < 1.29 is 4.74 Å². The van der Waals surface area contributed by atoms with Crippen LogP contribution in [-0.4, -0.2) is 44.2 Å². The number of likely N-dealkylation sites (N-methyl/N-ethyl adjacent to an activating group) is 1. The lowest BCUT2D eigenvalue weighted by Crippen LogP contribution is -2.31. The summed E-state index contributed by atoms with van der Waals surface area (Å²) in [6, 6.07) is 7.04. The number of aryl methyl sites for hydroxylation is 2. The van der Waals surface area contributed by atoms with E-state index < -0.39 is 0 Å². The number of nitrogens with zero attached hydrogens (tertiary/aromatic N) is 1. The Balaban J connectivity index is 1.75. The fraction of sp³-hybridized carbons (Fsp3) is 0.600. The lowest BCUT2D eigenvalue weighted by Gasteiger charge is -2.16. The first-order chi connectivity index (χ1) is 8.67. The van der Waals surface area contributed by atoms with Crippen molar-refractivity contribution in [2.45, 2.75) is 26.3 Å². The van der Waals surface area contributed by atoms with Crippen LogP contribution in [-0.2, 0) is 0 Å². The highest BCUT2D eigenvalue weighted by Gasteiger charge is 2.20. The van der Waals surface area contributed by atoms with Crippen molar-refractivity contribution in [1.82, 2.24) is 10.2 Å². The van der Waals surface area contributed by atoms with Crippen LogP contribution in [0.1, 0.15) is 17.5 Å². The highest BCUT2D eigenvalue weighted by molar-refractivity contribution is 5.32. The van der Waals surface area contributed by atoms with Gasteiger partial charge in [0.15, 0.2) is 0 Å². The molecule has 1 aromatic carbocycles. The van der Waals surface area contributed by atoms with Gasteiger partial charge in [0.05, 0.1) is 0 Å². The van der Waals surface area contributed by atoms with Crippen molar-refractivity contribution in [3.05, 3.63) is 29.3 Å². The fourth-order valence-electron chi connectivity index (χ4n) is 2.58. The molecule has 0 amide bonds. The highest BCUT2D eigenvalue weighted by Crippen LogP contribution is 2.16. The monoisotopic (exact) mass is 248 g/mol. The maximum atomic E-state index is 5.84. The second-order valence-electron chi connectivity index (χ2n) is 5.25. The number of hydrogen-bond donors (Lipinski definition) is 1. The van der Waals surface area contributed by atoms with Gasteiger partial charge in [0, 0.05) is 19.1 Å². The Kier molecular flexibility index (Phi) is 4.61. The molecule has 0 spiro atoms. The summed E-state index contributed by atoms with van der Waals surface area (Å²) in [5.41, 5.74) is 2.53. The molecule has 0 aromatic heterocycles. The predicted molar refractivity (Wildman–Crippen MR) is 75.3 cm³/mol. The number of likely N-dealkylation sites (tertiary alicyclic amines) is 1. The molecule has 0 saturated carbocycles. The van der Waals surface area contributed by atoms with E-state index in [1.165, 1.54) is 24.1 Å². The summed E-state index contributed by atoms with van der Waals surface area (Å²) in [6.45, 7) is 8.34. The van der Waals surface area contributed by atoms with Crippen molar-refractivity contribution in [2.24, 2.45) is 0 Å². The van der Waals surface area contributed by atoms with Gasteiger partial charge in [0.25, 0.3) is 0 Å². The summed E-state index contributed by atoms with van der Waals surface area (Å²) in [5.74, 6) is 0.997. The molecular formula is C15H24N2O. The van der Waals surface area contributed by atoms with Gasteiger partial charge in [-0.05, 0) is 57.1 Å². The van der Waals surface area contributed by atoms with Crippen molar-refractivity contribution in [3.8, 4) is 5.75 Å².